The molecule has 1 heterocycles. The standard InChI is InChI=1S/C8H20N.C6H14N/c1-5-9(6-2,7-3)8-4;1-7(2)5-3-4-6-7/h5-8H2,1-4H3;3-6H2,1-2H3/q2*+1. The lowest BCUT2D eigenvalue weighted by Gasteiger charge is -2.34. The minimum Gasteiger partial charge on any atom is -0.328 e. The molecule has 0 spiro atoms. The van der Waals surface area contributed by atoms with Crippen molar-refractivity contribution in [1.82, 2.24) is 0 Å². The molecule has 0 bridgehead atoms. The molecule has 0 aromatic heterocycles. The SMILES string of the molecule is CC[N+](CC)(CC)CC.C[N+]1(C)CCCC1. The van der Waals surface area contributed by atoms with E-state index in [1.807, 2.05) is 0 Å². The fourth-order valence-corrected chi connectivity index (χ4v) is 2.53. The Morgan fingerprint density at radius 3 is 1.12 bits per heavy atom. The van der Waals surface area contributed by atoms with Gasteiger partial charge in [-0.3, -0.25) is 0 Å². The van der Waals surface area contributed by atoms with Gasteiger partial charge >= 0.3 is 0 Å². The lowest BCUT2D eigenvalue weighted by atomic mass is 10.3. The summed E-state index contributed by atoms with van der Waals surface area (Å²) in [5, 5.41) is 0. The zero-order valence-electron chi connectivity index (χ0n) is 12.6. The Bertz CT molecular complexity index is 146. The first kappa shape index (κ1) is 15.9. The second-order valence-corrected chi connectivity index (χ2v) is 5.70. The maximum absolute atomic E-state index is 2.30. The van der Waals surface area contributed by atoms with Gasteiger partial charge in [-0.2, -0.15) is 0 Å². The van der Waals surface area contributed by atoms with Crippen molar-refractivity contribution >= 4 is 0 Å². The zero-order valence-corrected chi connectivity index (χ0v) is 12.6. The van der Waals surface area contributed by atoms with Gasteiger partial charge in [-0.1, -0.05) is 0 Å². The molecule has 0 amide bonds. The molecule has 98 valence electrons. The van der Waals surface area contributed by atoms with Crippen molar-refractivity contribution in [1.29, 1.82) is 0 Å². The van der Waals surface area contributed by atoms with Gasteiger partial charge in [0.15, 0.2) is 0 Å². The zero-order chi connectivity index (χ0) is 12.7. The van der Waals surface area contributed by atoms with Gasteiger partial charge in [-0.15, -0.1) is 0 Å². The number of rotatable bonds is 4. The first-order valence-electron chi connectivity index (χ1n) is 7.12. The van der Waals surface area contributed by atoms with Crippen molar-refractivity contribution in [3.05, 3.63) is 0 Å². The van der Waals surface area contributed by atoms with Crippen LogP contribution < -0.4 is 0 Å². The lowest BCUT2D eigenvalue weighted by molar-refractivity contribution is -0.921. The normalized spacial score (nSPS) is 19.1. The van der Waals surface area contributed by atoms with Gasteiger partial charge in [0.2, 0.25) is 0 Å². The van der Waals surface area contributed by atoms with Crippen LogP contribution in [0.25, 0.3) is 0 Å². The topological polar surface area (TPSA) is 0 Å². The van der Waals surface area contributed by atoms with Crippen LogP contribution in [0.2, 0.25) is 0 Å². The fourth-order valence-electron chi connectivity index (χ4n) is 2.53. The Morgan fingerprint density at radius 2 is 1.06 bits per heavy atom. The molecule has 2 nitrogen and oxygen atoms in total. The van der Waals surface area contributed by atoms with Gasteiger partial charge < -0.3 is 8.97 Å². The summed E-state index contributed by atoms with van der Waals surface area (Å²) in [6, 6.07) is 0. The maximum atomic E-state index is 2.30. The molecule has 2 heteroatoms. The molecule has 0 unspecified atom stereocenters. The maximum Gasteiger partial charge on any atom is 0.0784 e. The molecule has 1 aliphatic rings. The van der Waals surface area contributed by atoms with E-state index < -0.39 is 0 Å². The van der Waals surface area contributed by atoms with Crippen LogP contribution in [0.15, 0.2) is 0 Å². The van der Waals surface area contributed by atoms with Crippen LogP contribution in [0.5, 0.6) is 0 Å². The van der Waals surface area contributed by atoms with Crippen LogP contribution in [0.1, 0.15) is 40.5 Å². The molecule has 1 fully saturated rings. The number of hydrogen-bond donors (Lipinski definition) is 0. The van der Waals surface area contributed by atoms with Crippen LogP contribution in [-0.2, 0) is 0 Å². The number of nitrogens with zero attached hydrogens (tertiary/aromatic N) is 2. The predicted octanol–water partition coefficient (Wildman–Crippen LogP) is 2.74. The summed E-state index contributed by atoms with van der Waals surface area (Å²) in [6.45, 7) is 17.0. The Labute approximate surface area is 103 Å². The number of hydrogen-bond acceptors (Lipinski definition) is 0. The Balaban J connectivity index is 0.000000288. The van der Waals surface area contributed by atoms with Crippen LogP contribution in [0.4, 0.5) is 0 Å². The summed E-state index contributed by atoms with van der Waals surface area (Å²) < 4.78 is 2.53. The molecule has 0 aromatic carbocycles. The van der Waals surface area contributed by atoms with E-state index in [2.05, 4.69) is 41.8 Å². The van der Waals surface area contributed by atoms with E-state index in [0.29, 0.717) is 0 Å². The van der Waals surface area contributed by atoms with Crippen LogP contribution in [0.3, 0.4) is 0 Å². The number of quaternary nitrogens is 2. The molecule has 1 rings (SSSR count). The lowest BCUT2D eigenvalue weighted by Crippen LogP contribution is -2.47. The highest BCUT2D eigenvalue weighted by Gasteiger charge is 2.19. The summed E-state index contributed by atoms with van der Waals surface area (Å²) in [5.74, 6) is 0. The third-order valence-electron chi connectivity index (χ3n) is 4.46. The monoisotopic (exact) mass is 230 g/mol. The van der Waals surface area contributed by atoms with E-state index in [9.17, 15) is 0 Å². The Kier molecular flexibility index (Phi) is 7.25. The highest BCUT2D eigenvalue weighted by molar-refractivity contribution is 4.46. The van der Waals surface area contributed by atoms with E-state index >= 15 is 0 Å². The van der Waals surface area contributed by atoms with Gasteiger partial charge in [-0.05, 0) is 27.7 Å². The molecule has 0 saturated carbocycles. The molecule has 0 radical (unpaired) electrons. The fraction of sp³-hybridized carbons (Fsp3) is 1.00. The van der Waals surface area contributed by atoms with Crippen molar-refractivity contribution in [3.63, 3.8) is 0 Å². The van der Waals surface area contributed by atoms with Crippen molar-refractivity contribution < 1.29 is 8.97 Å². The van der Waals surface area contributed by atoms with Gasteiger partial charge in [0.05, 0.1) is 53.4 Å². The van der Waals surface area contributed by atoms with Gasteiger partial charge in [0.1, 0.15) is 0 Å². The van der Waals surface area contributed by atoms with Crippen LogP contribution in [-0.4, -0.2) is 62.3 Å². The quantitative estimate of drug-likeness (QED) is 0.652. The summed E-state index contributed by atoms with van der Waals surface area (Å²) in [7, 11) is 4.60. The number of likely N-dealkylation sites (tertiary alicyclic amines) is 1. The van der Waals surface area contributed by atoms with E-state index in [0.717, 1.165) is 0 Å². The van der Waals surface area contributed by atoms with Crippen LogP contribution >= 0.6 is 0 Å². The van der Waals surface area contributed by atoms with Gasteiger partial charge in [0.25, 0.3) is 0 Å². The van der Waals surface area contributed by atoms with Crippen molar-refractivity contribution in [2.45, 2.75) is 40.5 Å². The molecular weight excluding hydrogens is 196 g/mol. The smallest absolute Gasteiger partial charge is 0.0784 e. The van der Waals surface area contributed by atoms with E-state index in [4.69, 9.17) is 0 Å². The van der Waals surface area contributed by atoms with Crippen molar-refractivity contribution in [3.8, 4) is 0 Å². The summed E-state index contributed by atoms with van der Waals surface area (Å²) in [5.41, 5.74) is 0. The molecule has 0 N–H and O–H groups in total. The van der Waals surface area contributed by atoms with E-state index in [-0.39, 0.29) is 0 Å². The van der Waals surface area contributed by atoms with Gasteiger partial charge in [-0.25, -0.2) is 0 Å². The molecule has 16 heavy (non-hydrogen) atoms. The molecule has 0 aromatic rings. The summed E-state index contributed by atoms with van der Waals surface area (Å²) >= 11 is 0. The first-order chi connectivity index (χ1) is 7.45. The third-order valence-corrected chi connectivity index (χ3v) is 4.46. The highest BCUT2D eigenvalue weighted by atomic mass is 15.3. The van der Waals surface area contributed by atoms with Crippen molar-refractivity contribution in [2.24, 2.45) is 0 Å². The minimum atomic E-state index is 1.25. The summed E-state index contributed by atoms with van der Waals surface area (Å²) in [6.07, 6.45) is 2.88. The molecule has 1 saturated heterocycles. The van der Waals surface area contributed by atoms with Gasteiger partial charge in [0, 0.05) is 12.8 Å². The van der Waals surface area contributed by atoms with E-state index in [1.165, 1.54) is 61.1 Å². The largest absolute Gasteiger partial charge is 0.328 e. The second-order valence-electron chi connectivity index (χ2n) is 5.70. The second kappa shape index (κ2) is 7.29. The minimum absolute atomic E-state index is 1.25. The first-order valence-corrected chi connectivity index (χ1v) is 7.12. The Morgan fingerprint density at radius 1 is 0.750 bits per heavy atom. The van der Waals surface area contributed by atoms with E-state index in [1.54, 1.807) is 0 Å². The third kappa shape index (κ3) is 5.31. The average Bonchev–Trinajstić information content (AvgIpc) is 2.68. The Hall–Kier alpha value is -0.0800. The molecular formula is C14H34N2+2. The molecule has 0 aliphatic carbocycles. The van der Waals surface area contributed by atoms with Crippen LogP contribution in [0, 0.1) is 0 Å². The summed E-state index contributed by atoms with van der Waals surface area (Å²) in [4.78, 5) is 0. The highest BCUT2D eigenvalue weighted by Crippen LogP contribution is 2.11. The van der Waals surface area contributed by atoms with Crippen molar-refractivity contribution in [2.75, 3.05) is 53.4 Å². The average molecular weight is 230 g/mol. The predicted molar refractivity (Wildman–Crippen MR) is 73.5 cm³/mol. The molecule has 1 aliphatic heterocycles. The molecule has 0 atom stereocenters.